The third-order valence-electron chi connectivity index (χ3n) is 3.03. The summed E-state index contributed by atoms with van der Waals surface area (Å²) in [5.74, 6) is 0.412. The number of nitrogens with zero attached hydrogens (tertiary/aromatic N) is 5. The number of rotatable bonds is 3. The van der Waals surface area contributed by atoms with E-state index in [9.17, 15) is 4.79 Å². The van der Waals surface area contributed by atoms with Gasteiger partial charge in [0.2, 0.25) is 0 Å². The zero-order valence-electron chi connectivity index (χ0n) is 11.7. The highest BCUT2D eigenvalue weighted by Crippen LogP contribution is 2.19. The van der Waals surface area contributed by atoms with Crippen LogP contribution in [0, 0.1) is 0 Å². The molecule has 0 spiro atoms. The zero-order chi connectivity index (χ0) is 14.8. The largest absolute Gasteiger partial charge is 0.321 e. The molecule has 1 N–H and O–H groups in total. The van der Waals surface area contributed by atoms with Crippen LogP contribution in [0.3, 0.4) is 0 Å². The number of benzene rings is 1. The van der Waals surface area contributed by atoms with E-state index in [2.05, 4.69) is 20.5 Å². The number of aryl methyl sites for hydroxylation is 2. The minimum absolute atomic E-state index is 0.207. The molecule has 3 rings (SSSR count). The maximum absolute atomic E-state index is 12.1. The molecule has 1 amide bonds. The van der Waals surface area contributed by atoms with Gasteiger partial charge in [-0.1, -0.05) is 12.1 Å². The maximum Gasteiger partial charge on any atom is 0.273 e. The normalized spacial score (nSPS) is 10.6. The summed E-state index contributed by atoms with van der Waals surface area (Å²) in [5, 5.41) is 11.1. The smallest absolute Gasteiger partial charge is 0.273 e. The number of nitrogens with one attached hydrogen (secondary N) is 1. The molecular weight excluding hydrogens is 268 g/mol. The molecule has 0 aliphatic heterocycles. The number of carbonyl (C=O) groups excluding carboxylic acids is 1. The van der Waals surface area contributed by atoms with E-state index in [1.54, 1.807) is 30.3 Å². The summed E-state index contributed by atoms with van der Waals surface area (Å²) in [6, 6.07) is 9.07. The fourth-order valence-electron chi connectivity index (χ4n) is 2.00. The van der Waals surface area contributed by atoms with Crippen LogP contribution in [0.2, 0.25) is 0 Å². The number of amides is 1. The van der Waals surface area contributed by atoms with E-state index in [1.165, 1.54) is 4.68 Å². The van der Waals surface area contributed by atoms with Crippen molar-refractivity contribution >= 4 is 11.6 Å². The molecule has 2 heterocycles. The lowest BCUT2D eigenvalue weighted by Gasteiger charge is -2.06. The minimum atomic E-state index is -0.207. The van der Waals surface area contributed by atoms with Crippen LogP contribution in [0.15, 0.2) is 42.9 Å². The summed E-state index contributed by atoms with van der Waals surface area (Å²) in [6.45, 7) is 0. The molecular formula is C14H14N6O. The first-order valence-corrected chi connectivity index (χ1v) is 6.39. The monoisotopic (exact) mass is 282 g/mol. The lowest BCUT2D eigenvalue weighted by atomic mass is 10.2. The van der Waals surface area contributed by atoms with Crippen molar-refractivity contribution in [2.24, 2.45) is 14.1 Å². The van der Waals surface area contributed by atoms with E-state index in [4.69, 9.17) is 0 Å². The second-order valence-corrected chi connectivity index (χ2v) is 4.62. The highest BCUT2D eigenvalue weighted by molar-refractivity contribution is 6.03. The number of carbonyl (C=O) groups is 1. The van der Waals surface area contributed by atoms with Crippen LogP contribution >= 0.6 is 0 Å². The fourth-order valence-corrected chi connectivity index (χ4v) is 2.00. The van der Waals surface area contributed by atoms with Crippen LogP contribution < -0.4 is 5.32 Å². The Balaban J connectivity index is 1.84. The van der Waals surface area contributed by atoms with Gasteiger partial charge in [-0.25, -0.2) is 4.98 Å². The highest BCUT2D eigenvalue weighted by Gasteiger charge is 2.11. The van der Waals surface area contributed by atoms with Gasteiger partial charge >= 0.3 is 0 Å². The Labute approximate surface area is 121 Å². The third-order valence-corrected chi connectivity index (χ3v) is 3.03. The van der Waals surface area contributed by atoms with Crippen LogP contribution in [0.5, 0.6) is 0 Å². The van der Waals surface area contributed by atoms with E-state index in [-0.39, 0.29) is 5.91 Å². The Morgan fingerprint density at radius 1 is 1.24 bits per heavy atom. The highest BCUT2D eigenvalue weighted by atomic mass is 16.2. The van der Waals surface area contributed by atoms with Crippen LogP contribution in [0.1, 0.15) is 10.5 Å². The maximum atomic E-state index is 12.1. The third kappa shape index (κ3) is 2.66. The molecule has 0 bridgehead atoms. The van der Waals surface area contributed by atoms with Crippen molar-refractivity contribution in [3.63, 3.8) is 0 Å². The number of anilines is 1. The Hall–Kier alpha value is -2.96. The first-order valence-electron chi connectivity index (χ1n) is 6.39. The molecule has 7 nitrogen and oxygen atoms in total. The van der Waals surface area contributed by atoms with Gasteiger partial charge in [-0.2, -0.15) is 10.2 Å². The molecule has 0 atom stereocenters. The summed E-state index contributed by atoms with van der Waals surface area (Å²) < 4.78 is 3.16. The predicted octanol–water partition coefficient (Wildman–Crippen LogP) is 1.47. The van der Waals surface area contributed by atoms with E-state index in [0.717, 1.165) is 5.56 Å². The standard InChI is InChI=1S/C14H14N6O/c1-19-9-15-13(18-19)10-4-3-5-11(8-10)17-14(21)12-6-7-16-20(12)2/h3-9H,1-2H3,(H,17,21). The second-order valence-electron chi connectivity index (χ2n) is 4.62. The molecule has 0 radical (unpaired) electrons. The number of hydrogen-bond acceptors (Lipinski definition) is 4. The molecule has 0 unspecified atom stereocenters. The van der Waals surface area contributed by atoms with Crippen LogP contribution in [0.25, 0.3) is 11.4 Å². The number of hydrogen-bond donors (Lipinski definition) is 1. The van der Waals surface area contributed by atoms with Crippen molar-refractivity contribution in [1.82, 2.24) is 24.5 Å². The lowest BCUT2D eigenvalue weighted by Crippen LogP contribution is -2.16. The summed E-state index contributed by atoms with van der Waals surface area (Å²) in [5.41, 5.74) is 2.03. The van der Waals surface area contributed by atoms with Crippen molar-refractivity contribution in [3.8, 4) is 11.4 Å². The van der Waals surface area contributed by atoms with Gasteiger partial charge in [0.15, 0.2) is 5.82 Å². The van der Waals surface area contributed by atoms with Gasteiger partial charge in [0.1, 0.15) is 12.0 Å². The SMILES string of the molecule is Cn1cnc(-c2cccc(NC(=O)c3ccnn3C)c2)n1. The summed E-state index contributed by atoms with van der Waals surface area (Å²) >= 11 is 0. The van der Waals surface area contributed by atoms with Crippen molar-refractivity contribution in [3.05, 3.63) is 48.5 Å². The van der Waals surface area contributed by atoms with Gasteiger partial charge in [0, 0.05) is 31.5 Å². The molecule has 0 saturated heterocycles. The Morgan fingerprint density at radius 3 is 2.76 bits per heavy atom. The quantitative estimate of drug-likeness (QED) is 0.789. The zero-order valence-corrected chi connectivity index (χ0v) is 11.7. The molecule has 0 aliphatic rings. The van der Waals surface area contributed by atoms with Crippen LogP contribution in [-0.2, 0) is 14.1 Å². The molecule has 2 aromatic heterocycles. The lowest BCUT2D eigenvalue weighted by molar-refractivity contribution is 0.101. The first kappa shape index (κ1) is 13.0. The van der Waals surface area contributed by atoms with Crippen LogP contribution in [0.4, 0.5) is 5.69 Å². The molecule has 0 fully saturated rings. The molecule has 3 aromatic rings. The van der Waals surface area contributed by atoms with Gasteiger partial charge in [-0.05, 0) is 18.2 Å². The Morgan fingerprint density at radius 2 is 2.10 bits per heavy atom. The van der Waals surface area contributed by atoms with Crippen molar-refractivity contribution in [1.29, 1.82) is 0 Å². The average molecular weight is 282 g/mol. The van der Waals surface area contributed by atoms with Gasteiger partial charge in [-0.15, -0.1) is 0 Å². The van der Waals surface area contributed by atoms with Gasteiger partial charge in [0.25, 0.3) is 5.91 Å². The average Bonchev–Trinajstić information content (AvgIpc) is 3.08. The summed E-state index contributed by atoms with van der Waals surface area (Å²) in [4.78, 5) is 16.3. The number of aromatic nitrogens is 5. The van der Waals surface area contributed by atoms with Gasteiger partial charge in [0.05, 0.1) is 0 Å². The molecule has 1 aromatic carbocycles. The molecule has 106 valence electrons. The topological polar surface area (TPSA) is 77.6 Å². The predicted molar refractivity (Wildman–Crippen MR) is 77.6 cm³/mol. The summed E-state index contributed by atoms with van der Waals surface area (Å²) in [6.07, 6.45) is 3.22. The first-order chi connectivity index (χ1) is 10.1. The van der Waals surface area contributed by atoms with E-state index >= 15 is 0 Å². The van der Waals surface area contributed by atoms with E-state index in [0.29, 0.717) is 17.2 Å². The summed E-state index contributed by atoms with van der Waals surface area (Å²) in [7, 11) is 3.54. The Kier molecular flexibility index (Phi) is 3.23. The van der Waals surface area contributed by atoms with E-state index < -0.39 is 0 Å². The van der Waals surface area contributed by atoms with E-state index in [1.807, 2.05) is 31.3 Å². The minimum Gasteiger partial charge on any atom is -0.321 e. The van der Waals surface area contributed by atoms with Crippen molar-refractivity contribution < 1.29 is 4.79 Å². The molecule has 7 heteroatoms. The second kappa shape index (κ2) is 5.20. The van der Waals surface area contributed by atoms with Crippen molar-refractivity contribution in [2.75, 3.05) is 5.32 Å². The molecule has 0 aliphatic carbocycles. The van der Waals surface area contributed by atoms with Crippen LogP contribution in [-0.4, -0.2) is 30.5 Å². The fraction of sp³-hybridized carbons (Fsp3) is 0.143. The molecule has 21 heavy (non-hydrogen) atoms. The molecule has 0 saturated carbocycles. The van der Waals surface area contributed by atoms with Gasteiger partial charge < -0.3 is 5.32 Å². The van der Waals surface area contributed by atoms with Gasteiger partial charge in [-0.3, -0.25) is 14.2 Å². The van der Waals surface area contributed by atoms with Crippen molar-refractivity contribution in [2.45, 2.75) is 0 Å². The Bertz CT molecular complexity index is 788.